The van der Waals surface area contributed by atoms with E-state index in [9.17, 15) is 0 Å². The van der Waals surface area contributed by atoms with Gasteiger partial charge < -0.3 is 9.47 Å². The molecular formula is C42H28N6O2. The van der Waals surface area contributed by atoms with Gasteiger partial charge in [-0.25, -0.2) is 9.97 Å². The Morgan fingerprint density at radius 3 is 1.60 bits per heavy atom. The number of methoxy groups -OCH3 is 2. The van der Waals surface area contributed by atoms with Crippen molar-refractivity contribution in [1.29, 1.82) is 0 Å². The van der Waals surface area contributed by atoms with Gasteiger partial charge in [-0.1, -0.05) is 60.7 Å². The first kappa shape index (κ1) is 28.2. The van der Waals surface area contributed by atoms with Gasteiger partial charge in [-0.15, -0.1) is 0 Å². The van der Waals surface area contributed by atoms with Crippen molar-refractivity contribution in [2.75, 3.05) is 14.2 Å². The topological polar surface area (TPSA) is 79.4 Å². The minimum atomic E-state index is 0.520. The average Bonchev–Trinajstić information content (AvgIpc) is 3.72. The van der Waals surface area contributed by atoms with E-state index >= 15 is 0 Å². The van der Waals surface area contributed by atoms with Gasteiger partial charge in [-0.2, -0.15) is 9.97 Å². The Balaban J connectivity index is 1.30. The number of benzene rings is 6. The van der Waals surface area contributed by atoms with Crippen LogP contribution in [0.2, 0.25) is 0 Å². The lowest BCUT2D eigenvalue weighted by atomic mass is 10.1. The van der Waals surface area contributed by atoms with Crippen molar-refractivity contribution in [3.63, 3.8) is 0 Å². The van der Waals surface area contributed by atoms with Crippen LogP contribution in [-0.4, -0.2) is 43.1 Å². The van der Waals surface area contributed by atoms with Crippen LogP contribution in [-0.2, 0) is 0 Å². The average molecular weight is 649 g/mol. The minimum Gasteiger partial charge on any atom is -0.497 e. The molecule has 0 atom stereocenters. The van der Waals surface area contributed by atoms with Gasteiger partial charge in [0.2, 0.25) is 5.95 Å². The number of imidazole rings is 1. The fourth-order valence-electron chi connectivity index (χ4n) is 7.19. The molecule has 0 saturated heterocycles. The molecule has 50 heavy (non-hydrogen) atoms. The maximum atomic E-state index is 5.43. The van der Waals surface area contributed by atoms with Gasteiger partial charge in [0.1, 0.15) is 17.1 Å². The number of aromatic nitrogens is 6. The molecule has 0 spiro atoms. The van der Waals surface area contributed by atoms with Crippen molar-refractivity contribution in [3.05, 3.63) is 133 Å². The first-order valence-corrected chi connectivity index (χ1v) is 16.4. The highest BCUT2D eigenvalue weighted by atomic mass is 16.5. The summed E-state index contributed by atoms with van der Waals surface area (Å²) >= 11 is 0. The van der Waals surface area contributed by atoms with E-state index in [0.29, 0.717) is 17.6 Å². The van der Waals surface area contributed by atoms with Crippen LogP contribution < -0.4 is 9.47 Å². The summed E-state index contributed by atoms with van der Waals surface area (Å²) in [6.45, 7) is 0. The maximum Gasteiger partial charge on any atom is 0.238 e. The van der Waals surface area contributed by atoms with Gasteiger partial charge >= 0.3 is 0 Å². The van der Waals surface area contributed by atoms with Crippen LogP contribution in [0.3, 0.4) is 0 Å². The molecule has 0 aliphatic heterocycles. The molecule has 4 aromatic heterocycles. The SMILES string of the molecule is COc1ccc(-c2nc(-c3ccc(OC)cc3)nc(-n3c4ccccc4c4cc5nc6c7ccccc7c7ccccc7n6c5cc43)n2)cc1. The number of rotatable bonds is 5. The number of ether oxygens (including phenoxy) is 2. The van der Waals surface area contributed by atoms with E-state index in [1.54, 1.807) is 14.2 Å². The van der Waals surface area contributed by atoms with Crippen LogP contribution in [0.4, 0.5) is 0 Å². The van der Waals surface area contributed by atoms with Gasteiger partial charge in [0.25, 0.3) is 0 Å². The Labute approximate surface area is 285 Å². The Morgan fingerprint density at radius 1 is 0.440 bits per heavy atom. The lowest BCUT2D eigenvalue weighted by molar-refractivity contribution is 0.415. The highest BCUT2D eigenvalue weighted by molar-refractivity contribution is 6.17. The van der Waals surface area contributed by atoms with E-state index in [1.165, 1.54) is 10.8 Å². The molecule has 0 amide bonds. The van der Waals surface area contributed by atoms with Crippen LogP contribution in [0.1, 0.15) is 0 Å². The molecule has 8 nitrogen and oxygen atoms in total. The van der Waals surface area contributed by atoms with E-state index in [1.807, 2.05) is 48.5 Å². The zero-order valence-electron chi connectivity index (χ0n) is 27.2. The molecule has 10 rings (SSSR count). The van der Waals surface area contributed by atoms with E-state index in [2.05, 4.69) is 93.9 Å². The Bertz CT molecular complexity index is 2880. The van der Waals surface area contributed by atoms with Crippen molar-refractivity contribution in [2.45, 2.75) is 0 Å². The molecule has 238 valence electrons. The molecule has 8 heteroatoms. The lowest BCUT2D eigenvalue weighted by Crippen LogP contribution is -2.06. The molecule has 0 aliphatic rings. The Morgan fingerprint density at radius 2 is 0.980 bits per heavy atom. The number of para-hydroxylation sites is 2. The third-order valence-corrected chi connectivity index (χ3v) is 9.57. The Hall–Kier alpha value is -6.80. The third-order valence-electron chi connectivity index (χ3n) is 9.57. The van der Waals surface area contributed by atoms with Crippen molar-refractivity contribution < 1.29 is 9.47 Å². The molecule has 10 aromatic rings. The normalized spacial score (nSPS) is 11.8. The number of nitrogens with zero attached hydrogens (tertiary/aromatic N) is 6. The predicted octanol–water partition coefficient (Wildman–Crippen LogP) is 9.43. The van der Waals surface area contributed by atoms with Crippen LogP contribution >= 0.6 is 0 Å². The van der Waals surface area contributed by atoms with Crippen molar-refractivity contribution in [2.24, 2.45) is 0 Å². The monoisotopic (exact) mass is 648 g/mol. The van der Waals surface area contributed by atoms with Gasteiger partial charge in [-0.05, 0) is 78.2 Å². The predicted molar refractivity (Wildman–Crippen MR) is 199 cm³/mol. The summed E-state index contributed by atoms with van der Waals surface area (Å²) in [7, 11) is 3.32. The summed E-state index contributed by atoms with van der Waals surface area (Å²) < 4.78 is 15.3. The summed E-state index contributed by atoms with van der Waals surface area (Å²) in [5.74, 6) is 3.16. The summed E-state index contributed by atoms with van der Waals surface area (Å²) in [6, 6.07) is 45.4. The molecule has 0 unspecified atom stereocenters. The smallest absolute Gasteiger partial charge is 0.238 e. The highest BCUT2D eigenvalue weighted by Gasteiger charge is 2.21. The van der Waals surface area contributed by atoms with Crippen LogP contribution in [0.5, 0.6) is 11.5 Å². The number of pyridine rings is 1. The van der Waals surface area contributed by atoms with Gasteiger partial charge in [-0.3, -0.25) is 8.97 Å². The first-order valence-electron chi connectivity index (χ1n) is 16.4. The zero-order chi connectivity index (χ0) is 33.3. The second-order valence-electron chi connectivity index (χ2n) is 12.3. The minimum absolute atomic E-state index is 0.520. The summed E-state index contributed by atoms with van der Waals surface area (Å²) in [5.41, 5.74) is 7.65. The first-order chi connectivity index (χ1) is 24.7. The summed E-state index contributed by atoms with van der Waals surface area (Å²) in [6.07, 6.45) is 0. The molecule has 0 bridgehead atoms. The fourth-order valence-corrected chi connectivity index (χ4v) is 7.19. The molecular weight excluding hydrogens is 621 g/mol. The van der Waals surface area contributed by atoms with Crippen LogP contribution in [0.25, 0.3) is 88.9 Å². The van der Waals surface area contributed by atoms with Gasteiger partial charge in [0.15, 0.2) is 11.6 Å². The van der Waals surface area contributed by atoms with Gasteiger partial charge in [0.05, 0.1) is 41.8 Å². The molecule has 0 fully saturated rings. The molecule has 0 radical (unpaired) electrons. The maximum absolute atomic E-state index is 5.43. The number of hydrogen-bond donors (Lipinski definition) is 0. The quantitative estimate of drug-likeness (QED) is 0.173. The van der Waals surface area contributed by atoms with E-state index < -0.39 is 0 Å². The van der Waals surface area contributed by atoms with Crippen LogP contribution in [0, 0.1) is 0 Å². The molecule has 0 aliphatic carbocycles. The second-order valence-corrected chi connectivity index (χ2v) is 12.3. The molecule has 0 saturated carbocycles. The van der Waals surface area contributed by atoms with Crippen molar-refractivity contribution in [3.8, 4) is 40.2 Å². The molecule has 0 N–H and O–H groups in total. The fraction of sp³-hybridized carbons (Fsp3) is 0.0476. The standard InChI is InChI=1S/C42H28N6O2/c1-49-27-19-15-25(16-20-27)39-44-40(26-17-21-28(50-2)22-18-26)46-42(45-39)48-36-14-8-6-11-31(36)33-23-34-38(24-37(33)48)47-35-13-7-5-10-30(35)29-9-3-4-12-32(29)41(47)43-34/h3-24H,1-2H3. The van der Waals surface area contributed by atoms with Crippen molar-refractivity contribution in [1.82, 2.24) is 28.9 Å². The number of fused-ring (bicyclic) bond motifs is 11. The van der Waals surface area contributed by atoms with Crippen LogP contribution in [0.15, 0.2) is 133 Å². The summed E-state index contributed by atoms with van der Waals surface area (Å²) in [4.78, 5) is 20.5. The zero-order valence-corrected chi connectivity index (χ0v) is 27.2. The molecule has 6 aromatic carbocycles. The Kier molecular flexibility index (Phi) is 6.13. The largest absolute Gasteiger partial charge is 0.497 e. The summed E-state index contributed by atoms with van der Waals surface area (Å²) in [5, 5.41) is 5.65. The third kappa shape index (κ3) is 4.18. The number of hydrogen-bond acceptors (Lipinski definition) is 6. The van der Waals surface area contributed by atoms with E-state index in [-0.39, 0.29) is 0 Å². The molecule has 4 heterocycles. The van der Waals surface area contributed by atoms with E-state index in [0.717, 1.165) is 72.0 Å². The van der Waals surface area contributed by atoms with E-state index in [4.69, 9.17) is 29.4 Å². The van der Waals surface area contributed by atoms with Gasteiger partial charge in [0, 0.05) is 32.7 Å². The second kappa shape index (κ2) is 10.9. The lowest BCUT2D eigenvalue weighted by Gasteiger charge is -2.12. The highest BCUT2D eigenvalue weighted by Crippen LogP contribution is 2.38. The van der Waals surface area contributed by atoms with Crippen molar-refractivity contribution >= 4 is 60.2 Å².